The topological polar surface area (TPSA) is 71.0 Å². The first-order valence-corrected chi connectivity index (χ1v) is 9.73. The van der Waals surface area contributed by atoms with Gasteiger partial charge in [-0.15, -0.1) is 4.40 Å². The molecule has 0 saturated carbocycles. The molecular weight excluding hydrogens is 338 g/mol. The SMILES string of the molecule is O=S1(=O)N=C2CNCCN2CC1c1ccc(Oc2ccccc2)cc1. The number of amidine groups is 1. The lowest BCUT2D eigenvalue weighted by Gasteiger charge is -2.36. The van der Waals surface area contributed by atoms with Gasteiger partial charge in [-0.05, 0) is 29.8 Å². The Morgan fingerprint density at radius 3 is 2.52 bits per heavy atom. The Labute approximate surface area is 147 Å². The quantitative estimate of drug-likeness (QED) is 0.912. The van der Waals surface area contributed by atoms with E-state index in [0.29, 0.717) is 24.7 Å². The van der Waals surface area contributed by atoms with E-state index >= 15 is 0 Å². The molecule has 0 radical (unpaired) electrons. The first-order valence-electron chi connectivity index (χ1n) is 8.23. The van der Waals surface area contributed by atoms with Crippen LogP contribution in [0.1, 0.15) is 10.8 Å². The second kappa shape index (κ2) is 6.50. The zero-order chi connectivity index (χ0) is 17.3. The van der Waals surface area contributed by atoms with Crippen LogP contribution >= 0.6 is 0 Å². The number of fused-ring (bicyclic) bond motifs is 1. The second-order valence-electron chi connectivity index (χ2n) is 6.12. The van der Waals surface area contributed by atoms with Gasteiger partial charge in [-0.3, -0.25) is 0 Å². The third-order valence-corrected chi connectivity index (χ3v) is 6.02. The number of hydrogen-bond donors (Lipinski definition) is 1. The summed E-state index contributed by atoms with van der Waals surface area (Å²) in [5.41, 5.74) is 0.738. The summed E-state index contributed by atoms with van der Waals surface area (Å²) in [6.07, 6.45) is 0. The summed E-state index contributed by atoms with van der Waals surface area (Å²) >= 11 is 0. The van der Waals surface area contributed by atoms with Crippen molar-refractivity contribution < 1.29 is 13.2 Å². The number of piperazine rings is 1. The normalized spacial score (nSPS) is 22.0. The third-order valence-electron chi connectivity index (χ3n) is 4.42. The number of rotatable bonds is 3. The maximum atomic E-state index is 12.5. The Kier molecular flexibility index (Phi) is 4.19. The Morgan fingerprint density at radius 1 is 1.04 bits per heavy atom. The molecule has 1 saturated heterocycles. The summed E-state index contributed by atoms with van der Waals surface area (Å²) < 4.78 is 34.8. The fourth-order valence-corrected chi connectivity index (χ4v) is 4.57. The van der Waals surface area contributed by atoms with Crippen LogP contribution in [0.4, 0.5) is 0 Å². The Bertz CT molecular complexity index is 880. The lowest BCUT2D eigenvalue weighted by Crippen LogP contribution is -2.52. The molecule has 0 amide bonds. The Balaban J connectivity index is 1.56. The van der Waals surface area contributed by atoms with Gasteiger partial charge in [-0.2, -0.15) is 0 Å². The minimum atomic E-state index is -3.55. The molecule has 0 spiro atoms. The van der Waals surface area contributed by atoms with Gasteiger partial charge in [0.25, 0.3) is 10.0 Å². The van der Waals surface area contributed by atoms with E-state index in [0.717, 1.165) is 24.4 Å². The average molecular weight is 357 g/mol. The molecule has 0 bridgehead atoms. The van der Waals surface area contributed by atoms with Gasteiger partial charge in [0, 0.05) is 19.6 Å². The summed E-state index contributed by atoms with van der Waals surface area (Å²) in [6.45, 7) is 2.58. The predicted octanol–water partition coefficient (Wildman–Crippen LogP) is 2.17. The lowest BCUT2D eigenvalue weighted by molar-refractivity contribution is 0.368. The van der Waals surface area contributed by atoms with Crippen LogP contribution in [-0.2, 0) is 10.0 Å². The number of hydrogen-bond acceptors (Lipinski definition) is 5. The molecule has 0 aromatic heterocycles. The number of nitrogens with zero attached hydrogens (tertiary/aromatic N) is 2. The smallest absolute Gasteiger partial charge is 0.263 e. The first kappa shape index (κ1) is 16.1. The minimum Gasteiger partial charge on any atom is -0.457 e. The van der Waals surface area contributed by atoms with Crippen molar-refractivity contribution >= 4 is 15.9 Å². The lowest BCUT2D eigenvalue weighted by atomic mass is 10.1. The summed E-state index contributed by atoms with van der Waals surface area (Å²) in [5.74, 6) is 2.04. The summed E-state index contributed by atoms with van der Waals surface area (Å²) in [7, 11) is -3.55. The predicted molar refractivity (Wildman–Crippen MR) is 96.5 cm³/mol. The van der Waals surface area contributed by atoms with Crippen molar-refractivity contribution in [3.8, 4) is 11.5 Å². The zero-order valence-corrected chi connectivity index (χ0v) is 14.4. The van der Waals surface area contributed by atoms with Gasteiger partial charge in [0.15, 0.2) is 0 Å². The molecule has 2 aromatic carbocycles. The average Bonchev–Trinajstić information content (AvgIpc) is 2.62. The second-order valence-corrected chi connectivity index (χ2v) is 7.90. The van der Waals surface area contributed by atoms with Gasteiger partial charge in [0.1, 0.15) is 22.6 Å². The van der Waals surface area contributed by atoms with Crippen molar-refractivity contribution in [3.63, 3.8) is 0 Å². The van der Waals surface area contributed by atoms with Crippen molar-refractivity contribution in [2.24, 2.45) is 4.40 Å². The highest BCUT2D eigenvalue weighted by atomic mass is 32.2. The molecule has 0 aliphatic carbocycles. The van der Waals surface area contributed by atoms with Crippen LogP contribution in [0.2, 0.25) is 0 Å². The van der Waals surface area contributed by atoms with E-state index in [2.05, 4.69) is 14.6 Å². The fraction of sp³-hybridized carbons (Fsp3) is 0.278. The fourth-order valence-electron chi connectivity index (χ4n) is 3.10. The summed E-state index contributed by atoms with van der Waals surface area (Å²) in [4.78, 5) is 2.05. The molecule has 2 aromatic rings. The van der Waals surface area contributed by atoms with Crippen LogP contribution in [-0.4, -0.2) is 45.3 Å². The molecular formula is C18H19N3O3S. The standard InChI is InChI=1S/C18H19N3O3S/c22-25(23)17(13-21-11-10-19-12-18(21)20-25)14-6-8-16(9-7-14)24-15-4-2-1-3-5-15/h1-9,17,19H,10-13H2. The van der Waals surface area contributed by atoms with Crippen molar-refractivity contribution in [1.82, 2.24) is 10.2 Å². The van der Waals surface area contributed by atoms with Crippen LogP contribution in [0.5, 0.6) is 11.5 Å². The highest BCUT2D eigenvalue weighted by Crippen LogP contribution is 2.31. The highest BCUT2D eigenvalue weighted by Gasteiger charge is 2.36. The molecule has 7 heteroatoms. The maximum Gasteiger partial charge on any atom is 0.263 e. The van der Waals surface area contributed by atoms with Crippen LogP contribution in [0.3, 0.4) is 0 Å². The Hall–Kier alpha value is -2.38. The largest absolute Gasteiger partial charge is 0.457 e. The van der Waals surface area contributed by atoms with Gasteiger partial charge < -0.3 is 15.0 Å². The van der Waals surface area contributed by atoms with Crippen molar-refractivity contribution in [1.29, 1.82) is 0 Å². The van der Waals surface area contributed by atoms with Crippen molar-refractivity contribution in [2.75, 3.05) is 26.2 Å². The summed E-state index contributed by atoms with van der Waals surface area (Å²) in [6, 6.07) is 16.7. The summed E-state index contributed by atoms with van der Waals surface area (Å²) in [5, 5.41) is 2.51. The molecule has 2 aliphatic heterocycles. The molecule has 25 heavy (non-hydrogen) atoms. The zero-order valence-electron chi connectivity index (χ0n) is 13.6. The van der Waals surface area contributed by atoms with Gasteiger partial charge in [-0.1, -0.05) is 30.3 Å². The monoisotopic (exact) mass is 357 g/mol. The molecule has 1 atom stereocenters. The molecule has 2 heterocycles. The van der Waals surface area contributed by atoms with E-state index < -0.39 is 15.3 Å². The van der Waals surface area contributed by atoms with E-state index in [-0.39, 0.29) is 0 Å². The number of para-hydroxylation sites is 1. The molecule has 1 unspecified atom stereocenters. The number of ether oxygens (including phenoxy) is 1. The van der Waals surface area contributed by atoms with Gasteiger partial charge in [0.2, 0.25) is 0 Å². The first-order chi connectivity index (χ1) is 12.1. The van der Waals surface area contributed by atoms with E-state index in [1.165, 1.54) is 0 Å². The third kappa shape index (κ3) is 3.38. The minimum absolute atomic E-state index is 0.446. The van der Waals surface area contributed by atoms with Gasteiger partial charge in [-0.25, -0.2) is 8.42 Å². The van der Waals surface area contributed by atoms with Crippen LogP contribution in [0.15, 0.2) is 59.0 Å². The van der Waals surface area contributed by atoms with E-state index in [1.54, 1.807) is 12.1 Å². The van der Waals surface area contributed by atoms with Crippen LogP contribution in [0.25, 0.3) is 0 Å². The van der Waals surface area contributed by atoms with Crippen LogP contribution < -0.4 is 10.1 Å². The van der Waals surface area contributed by atoms with Gasteiger partial charge in [0.05, 0.1) is 6.54 Å². The van der Waals surface area contributed by atoms with E-state index in [4.69, 9.17) is 4.74 Å². The highest BCUT2D eigenvalue weighted by molar-refractivity contribution is 7.90. The number of benzene rings is 2. The molecule has 6 nitrogen and oxygen atoms in total. The molecule has 130 valence electrons. The van der Waals surface area contributed by atoms with Gasteiger partial charge >= 0.3 is 0 Å². The van der Waals surface area contributed by atoms with Crippen molar-refractivity contribution in [2.45, 2.75) is 5.25 Å². The molecule has 1 fully saturated rings. The van der Waals surface area contributed by atoms with Crippen LogP contribution in [0, 0.1) is 0 Å². The van der Waals surface area contributed by atoms with Crippen molar-refractivity contribution in [3.05, 3.63) is 60.2 Å². The number of nitrogens with one attached hydrogen (secondary N) is 1. The number of sulfonamides is 1. The van der Waals surface area contributed by atoms with E-state index in [1.807, 2.05) is 42.5 Å². The molecule has 1 N–H and O–H groups in total. The molecule has 2 aliphatic rings. The maximum absolute atomic E-state index is 12.5. The molecule has 4 rings (SSSR count). The van der Waals surface area contributed by atoms with E-state index in [9.17, 15) is 8.42 Å². The Morgan fingerprint density at radius 2 is 1.76 bits per heavy atom.